The zero-order valence-electron chi connectivity index (χ0n) is 8.45. The first-order chi connectivity index (χ1) is 8.08. The number of carbonyl (C=O) groups is 1. The summed E-state index contributed by atoms with van der Waals surface area (Å²) in [7, 11) is 0. The Bertz CT molecular complexity index is 532. The number of benzene rings is 1. The molecule has 17 heavy (non-hydrogen) atoms. The Hall–Kier alpha value is -1.69. The standard InChI is InChI=1S/C11H7BrF2N2O/c12-7-5-8(13)10(9(14)6-7)11(17)15-16-3-1-2-4-16/h1-6H,(H,15,17). The fourth-order valence-corrected chi connectivity index (χ4v) is 1.74. The van der Waals surface area contributed by atoms with Crippen LogP contribution in [0.2, 0.25) is 0 Å². The van der Waals surface area contributed by atoms with Crippen molar-refractivity contribution in [2.24, 2.45) is 0 Å². The van der Waals surface area contributed by atoms with Gasteiger partial charge in [-0.25, -0.2) is 8.78 Å². The Labute approximate surface area is 104 Å². The molecule has 0 unspecified atom stereocenters. The quantitative estimate of drug-likeness (QED) is 0.909. The number of nitrogens with one attached hydrogen (secondary N) is 1. The zero-order valence-corrected chi connectivity index (χ0v) is 10.0. The molecular formula is C11H7BrF2N2O. The highest BCUT2D eigenvalue weighted by molar-refractivity contribution is 9.10. The number of hydrogen-bond donors (Lipinski definition) is 1. The van der Waals surface area contributed by atoms with E-state index in [0.717, 1.165) is 12.1 Å². The molecule has 0 spiro atoms. The predicted molar refractivity (Wildman–Crippen MR) is 62.2 cm³/mol. The van der Waals surface area contributed by atoms with Crippen molar-refractivity contribution < 1.29 is 13.6 Å². The topological polar surface area (TPSA) is 34.0 Å². The molecule has 0 fully saturated rings. The zero-order chi connectivity index (χ0) is 12.4. The van der Waals surface area contributed by atoms with E-state index < -0.39 is 23.1 Å². The van der Waals surface area contributed by atoms with Gasteiger partial charge in [-0.15, -0.1) is 0 Å². The molecule has 88 valence electrons. The van der Waals surface area contributed by atoms with Crippen molar-refractivity contribution >= 4 is 21.8 Å². The van der Waals surface area contributed by atoms with Gasteiger partial charge in [0.1, 0.15) is 17.2 Å². The third kappa shape index (κ3) is 2.52. The molecule has 1 N–H and O–H groups in total. The number of amides is 1. The van der Waals surface area contributed by atoms with Gasteiger partial charge in [0.15, 0.2) is 0 Å². The third-order valence-corrected chi connectivity index (χ3v) is 2.53. The van der Waals surface area contributed by atoms with E-state index in [1.54, 1.807) is 24.5 Å². The number of aromatic nitrogens is 1. The van der Waals surface area contributed by atoms with E-state index in [-0.39, 0.29) is 4.47 Å². The lowest BCUT2D eigenvalue weighted by atomic mass is 10.2. The number of carbonyl (C=O) groups excluding carboxylic acids is 1. The van der Waals surface area contributed by atoms with Gasteiger partial charge >= 0.3 is 0 Å². The van der Waals surface area contributed by atoms with Gasteiger partial charge in [0, 0.05) is 16.9 Å². The SMILES string of the molecule is O=C(Nn1cccc1)c1c(F)cc(Br)cc1F. The van der Waals surface area contributed by atoms with E-state index in [1.165, 1.54) is 4.68 Å². The Morgan fingerprint density at radius 1 is 1.18 bits per heavy atom. The molecule has 0 atom stereocenters. The summed E-state index contributed by atoms with van der Waals surface area (Å²) in [6.07, 6.45) is 3.10. The van der Waals surface area contributed by atoms with Gasteiger partial charge in [0.05, 0.1) is 0 Å². The highest BCUT2D eigenvalue weighted by Gasteiger charge is 2.18. The molecule has 6 heteroatoms. The maximum Gasteiger partial charge on any atom is 0.276 e. The van der Waals surface area contributed by atoms with Gasteiger partial charge in [0.25, 0.3) is 5.91 Å². The van der Waals surface area contributed by atoms with Crippen LogP contribution in [0.25, 0.3) is 0 Å². The molecule has 0 saturated carbocycles. The Morgan fingerprint density at radius 2 is 1.71 bits per heavy atom. The normalized spacial score (nSPS) is 10.3. The molecular weight excluding hydrogens is 294 g/mol. The third-order valence-electron chi connectivity index (χ3n) is 2.07. The lowest BCUT2D eigenvalue weighted by molar-refractivity contribution is 0.0999. The van der Waals surface area contributed by atoms with Crippen molar-refractivity contribution in [2.45, 2.75) is 0 Å². The molecule has 0 saturated heterocycles. The van der Waals surface area contributed by atoms with Gasteiger partial charge < -0.3 is 0 Å². The van der Waals surface area contributed by atoms with Crippen LogP contribution in [0, 0.1) is 11.6 Å². The van der Waals surface area contributed by atoms with Crippen LogP contribution in [-0.4, -0.2) is 10.6 Å². The first-order valence-electron chi connectivity index (χ1n) is 4.67. The first-order valence-corrected chi connectivity index (χ1v) is 5.46. The molecule has 1 amide bonds. The maximum absolute atomic E-state index is 13.5. The van der Waals surface area contributed by atoms with Gasteiger partial charge in [-0.05, 0) is 24.3 Å². The second-order valence-corrected chi connectivity index (χ2v) is 4.19. The van der Waals surface area contributed by atoms with Crippen LogP contribution in [0.5, 0.6) is 0 Å². The van der Waals surface area contributed by atoms with E-state index in [2.05, 4.69) is 21.4 Å². The van der Waals surface area contributed by atoms with Gasteiger partial charge in [-0.2, -0.15) is 0 Å². The Balaban J connectivity index is 2.31. The fourth-order valence-electron chi connectivity index (χ4n) is 1.34. The second kappa shape index (κ2) is 4.67. The highest BCUT2D eigenvalue weighted by atomic mass is 79.9. The number of hydrogen-bond acceptors (Lipinski definition) is 1. The Kier molecular flexibility index (Phi) is 3.23. The average molecular weight is 301 g/mol. The van der Waals surface area contributed by atoms with E-state index >= 15 is 0 Å². The minimum Gasteiger partial charge on any atom is -0.268 e. The lowest BCUT2D eigenvalue weighted by Crippen LogP contribution is -2.23. The van der Waals surface area contributed by atoms with E-state index in [1.807, 2.05) is 0 Å². The van der Waals surface area contributed by atoms with Crippen molar-refractivity contribution in [1.82, 2.24) is 4.68 Å². The molecule has 1 aromatic heterocycles. The smallest absolute Gasteiger partial charge is 0.268 e. The summed E-state index contributed by atoms with van der Waals surface area (Å²) in [4.78, 5) is 11.6. The lowest BCUT2D eigenvalue weighted by Gasteiger charge is -2.08. The van der Waals surface area contributed by atoms with Crippen molar-refractivity contribution in [3.8, 4) is 0 Å². The highest BCUT2D eigenvalue weighted by Crippen LogP contribution is 2.19. The summed E-state index contributed by atoms with van der Waals surface area (Å²) < 4.78 is 28.5. The van der Waals surface area contributed by atoms with Crippen LogP contribution in [0.3, 0.4) is 0 Å². The molecule has 0 aliphatic carbocycles. The monoisotopic (exact) mass is 300 g/mol. The molecule has 2 rings (SSSR count). The summed E-state index contributed by atoms with van der Waals surface area (Å²) >= 11 is 2.94. The van der Waals surface area contributed by atoms with E-state index in [9.17, 15) is 13.6 Å². The molecule has 0 aliphatic rings. The molecule has 2 aromatic rings. The Morgan fingerprint density at radius 3 is 2.24 bits per heavy atom. The number of halogens is 3. The summed E-state index contributed by atoms with van der Waals surface area (Å²) in [5.41, 5.74) is 1.71. The van der Waals surface area contributed by atoms with Crippen molar-refractivity contribution in [3.63, 3.8) is 0 Å². The molecule has 1 heterocycles. The molecule has 3 nitrogen and oxygen atoms in total. The number of nitrogens with zero attached hydrogens (tertiary/aromatic N) is 1. The number of rotatable bonds is 2. The van der Waals surface area contributed by atoms with Crippen LogP contribution < -0.4 is 5.43 Å². The van der Waals surface area contributed by atoms with Crippen LogP contribution in [0.1, 0.15) is 10.4 Å². The maximum atomic E-state index is 13.5. The van der Waals surface area contributed by atoms with E-state index in [4.69, 9.17) is 0 Å². The predicted octanol–water partition coefficient (Wildman–Crippen LogP) is 2.91. The van der Waals surface area contributed by atoms with Crippen molar-refractivity contribution in [3.05, 3.63) is 58.3 Å². The van der Waals surface area contributed by atoms with E-state index in [0.29, 0.717) is 0 Å². The largest absolute Gasteiger partial charge is 0.276 e. The van der Waals surface area contributed by atoms with Gasteiger partial charge in [0.2, 0.25) is 0 Å². The molecule has 0 aliphatic heterocycles. The fraction of sp³-hybridized carbons (Fsp3) is 0. The molecule has 0 radical (unpaired) electrons. The van der Waals surface area contributed by atoms with Crippen molar-refractivity contribution in [2.75, 3.05) is 5.43 Å². The van der Waals surface area contributed by atoms with Crippen LogP contribution >= 0.6 is 15.9 Å². The first kappa shape index (κ1) is 11.8. The summed E-state index contributed by atoms with van der Waals surface area (Å²) in [5.74, 6) is -2.67. The molecule has 1 aromatic carbocycles. The minimum atomic E-state index is -0.915. The summed E-state index contributed by atoms with van der Waals surface area (Å²) in [5, 5.41) is 0. The average Bonchev–Trinajstić information content (AvgIpc) is 2.68. The summed E-state index contributed by atoms with van der Waals surface area (Å²) in [6, 6.07) is 5.42. The minimum absolute atomic E-state index is 0.241. The summed E-state index contributed by atoms with van der Waals surface area (Å²) in [6.45, 7) is 0. The van der Waals surface area contributed by atoms with Crippen LogP contribution in [-0.2, 0) is 0 Å². The van der Waals surface area contributed by atoms with Crippen molar-refractivity contribution in [1.29, 1.82) is 0 Å². The molecule has 0 bridgehead atoms. The van der Waals surface area contributed by atoms with Crippen LogP contribution in [0.4, 0.5) is 8.78 Å². The second-order valence-electron chi connectivity index (χ2n) is 3.28. The van der Waals surface area contributed by atoms with Crippen LogP contribution in [0.15, 0.2) is 41.1 Å². The van der Waals surface area contributed by atoms with Gasteiger partial charge in [-0.3, -0.25) is 14.9 Å². The van der Waals surface area contributed by atoms with Gasteiger partial charge in [-0.1, -0.05) is 15.9 Å².